The summed E-state index contributed by atoms with van der Waals surface area (Å²) in [6.07, 6.45) is -2.94. The number of ether oxygens (including phenoxy) is 1. The smallest absolute Gasteiger partial charge is 0.447 e. The maximum Gasteiger partial charge on any atom is 0.550 e. The van der Waals surface area contributed by atoms with Crippen LogP contribution in [0.3, 0.4) is 0 Å². The van der Waals surface area contributed by atoms with Crippen LogP contribution in [0.25, 0.3) is 0 Å². The summed E-state index contributed by atoms with van der Waals surface area (Å²) < 4.78 is 4.92. The van der Waals surface area contributed by atoms with Crippen molar-refractivity contribution in [1.82, 2.24) is 0 Å². The van der Waals surface area contributed by atoms with Gasteiger partial charge in [-0.15, -0.1) is 0 Å². The third-order valence-corrected chi connectivity index (χ3v) is 1.99. The minimum atomic E-state index is -1.72. The Labute approximate surface area is 97.6 Å². The quantitative estimate of drug-likeness (QED) is 0.486. The largest absolute Gasteiger partial charge is 0.550 e. The van der Waals surface area contributed by atoms with Crippen LogP contribution in [0.5, 0.6) is 0 Å². The van der Waals surface area contributed by atoms with Crippen LogP contribution in [0.2, 0.25) is 0 Å². The molecule has 0 atom stereocenters. The van der Waals surface area contributed by atoms with Gasteiger partial charge in [0.25, 0.3) is 0 Å². The highest BCUT2D eigenvalue weighted by Crippen LogP contribution is 2.24. The van der Waals surface area contributed by atoms with Gasteiger partial charge in [0.15, 0.2) is 0 Å². The van der Waals surface area contributed by atoms with Gasteiger partial charge in [0, 0.05) is 0 Å². The number of carbonyl (C=O) groups excluding carboxylic acids is 1. The topological polar surface area (TPSA) is 82.1 Å². The molecule has 0 fully saturated rings. The van der Waals surface area contributed by atoms with Crippen molar-refractivity contribution in [2.24, 2.45) is 0 Å². The van der Waals surface area contributed by atoms with Gasteiger partial charge in [0.05, 0.1) is 0 Å². The molecule has 1 N–H and O–H groups in total. The summed E-state index contributed by atoms with van der Waals surface area (Å²) in [5.41, 5.74) is -0.201. The summed E-state index contributed by atoms with van der Waals surface area (Å²) in [4.78, 5) is 28.6. The predicted molar refractivity (Wildman–Crippen MR) is 56.1 cm³/mol. The monoisotopic (exact) mass is 240 g/mol. The average molecular weight is 240 g/mol. The average Bonchev–Trinajstić information content (AvgIpc) is 2.27. The van der Waals surface area contributed by atoms with E-state index in [0.717, 1.165) is 5.56 Å². The van der Waals surface area contributed by atoms with E-state index in [4.69, 9.17) is 9.84 Å². The second-order valence-corrected chi connectivity index (χ2v) is 3.66. The van der Waals surface area contributed by atoms with E-state index in [2.05, 4.69) is 9.78 Å². The van der Waals surface area contributed by atoms with Crippen molar-refractivity contribution in [2.75, 3.05) is 0 Å². The first-order valence-electron chi connectivity index (χ1n) is 4.78. The van der Waals surface area contributed by atoms with Crippen molar-refractivity contribution >= 4 is 12.3 Å². The van der Waals surface area contributed by atoms with Gasteiger partial charge in [-0.1, -0.05) is 30.3 Å². The maximum absolute atomic E-state index is 11.1. The first-order valence-corrected chi connectivity index (χ1v) is 4.78. The van der Waals surface area contributed by atoms with Crippen LogP contribution < -0.4 is 0 Å². The van der Waals surface area contributed by atoms with Crippen molar-refractivity contribution in [1.29, 1.82) is 0 Å². The van der Waals surface area contributed by atoms with Gasteiger partial charge in [-0.3, -0.25) is 0 Å². The van der Waals surface area contributed by atoms with Crippen LogP contribution in [0.15, 0.2) is 30.3 Å². The molecule has 0 aliphatic carbocycles. The molecule has 92 valence electrons. The molecule has 0 aliphatic rings. The molecule has 0 unspecified atom stereocenters. The van der Waals surface area contributed by atoms with E-state index in [0.29, 0.717) is 0 Å². The second kappa shape index (κ2) is 5.20. The molecule has 17 heavy (non-hydrogen) atoms. The normalized spacial score (nSPS) is 10.5. The molecule has 0 saturated heterocycles. The third kappa shape index (κ3) is 4.02. The molecule has 1 rings (SSSR count). The lowest BCUT2D eigenvalue weighted by Crippen LogP contribution is -2.26. The Morgan fingerprint density at radius 3 is 2.24 bits per heavy atom. The van der Waals surface area contributed by atoms with E-state index in [9.17, 15) is 9.59 Å². The Balaban J connectivity index is 2.61. The zero-order valence-electron chi connectivity index (χ0n) is 9.38. The molecule has 6 heteroatoms. The molecule has 1 aromatic rings. The highest BCUT2D eigenvalue weighted by Gasteiger charge is 2.27. The van der Waals surface area contributed by atoms with Gasteiger partial charge in [-0.2, -0.15) is 9.68 Å². The van der Waals surface area contributed by atoms with E-state index in [-0.39, 0.29) is 0 Å². The molecule has 0 aliphatic heterocycles. The maximum atomic E-state index is 11.1. The lowest BCUT2D eigenvalue weighted by Gasteiger charge is -2.24. The van der Waals surface area contributed by atoms with Crippen molar-refractivity contribution in [3.05, 3.63) is 35.9 Å². The molecule has 0 amide bonds. The fourth-order valence-electron chi connectivity index (χ4n) is 1.19. The fraction of sp³-hybridized carbons (Fsp3) is 0.273. The Morgan fingerprint density at radius 2 is 1.71 bits per heavy atom. The summed E-state index contributed by atoms with van der Waals surface area (Å²) in [5, 5.41) is 8.12. The lowest BCUT2D eigenvalue weighted by atomic mass is 9.98. The van der Waals surface area contributed by atoms with E-state index in [1.54, 1.807) is 38.1 Å². The molecular formula is C11H12O6. The summed E-state index contributed by atoms with van der Waals surface area (Å²) in [7, 11) is 0. The minimum absolute atomic E-state index is 0.743. The van der Waals surface area contributed by atoms with Crippen LogP contribution in [0.4, 0.5) is 9.59 Å². The summed E-state index contributed by atoms with van der Waals surface area (Å²) in [6.45, 7) is 3.29. The van der Waals surface area contributed by atoms with Crippen LogP contribution in [0, 0.1) is 0 Å². The van der Waals surface area contributed by atoms with Gasteiger partial charge in [0.1, 0.15) is 5.60 Å². The highest BCUT2D eigenvalue weighted by atomic mass is 17.3. The van der Waals surface area contributed by atoms with E-state index in [1.807, 2.05) is 6.07 Å². The SMILES string of the molecule is CC(C)(OC(=O)OOC(=O)O)c1ccccc1. The first kappa shape index (κ1) is 12.8. The molecule has 0 saturated carbocycles. The van der Waals surface area contributed by atoms with Crippen LogP contribution >= 0.6 is 0 Å². The number of carboxylic acid groups (broad SMARTS) is 1. The number of hydrogen-bond acceptors (Lipinski definition) is 5. The summed E-state index contributed by atoms with van der Waals surface area (Å²) in [5.74, 6) is 0. The zero-order valence-corrected chi connectivity index (χ0v) is 9.38. The van der Waals surface area contributed by atoms with Crippen molar-refractivity contribution in [3.63, 3.8) is 0 Å². The van der Waals surface area contributed by atoms with Crippen LogP contribution in [0.1, 0.15) is 19.4 Å². The minimum Gasteiger partial charge on any atom is -0.447 e. The van der Waals surface area contributed by atoms with Crippen molar-refractivity contribution in [2.45, 2.75) is 19.4 Å². The van der Waals surface area contributed by atoms with E-state index < -0.39 is 17.9 Å². The Morgan fingerprint density at radius 1 is 1.12 bits per heavy atom. The standard InChI is InChI=1S/C11H12O6/c1-11(2,8-6-4-3-5-7-8)15-10(14)17-16-9(12)13/h3-7H,1-2H3,(H,12,13). The molecular weight excluding hydrogens is 228 g/mol. The zero-order chi connectivity index (χ0) is 12.9. The molecule has 1 aromatic carbocycles. The van der Waals surface area contributed by atoms with Gasteiger partial charge >= 0.3 is 12.3 Å². The number of rotatable bonds is 2. The molecule has 0 bridgehead atoms. The van der Waals surface area contributed by atoms with Gasteiger partial charge in [0.2, 0.25) is 0 Å². The van der Waals surface area contributed by atoms with E-state index >= 15 is 0 Å². The van der Waals surface area contributed by atoms with Crippen molar-refractivity contribution in [3.8, 4) is 0 Å². The summed E-state index contributed by atoms with van der Waals surface area (Å²) in [6, 6.07) is 8.95. The molecule has 6 nitrogen and oxygen atoms in total. The predicted octanol–water partition coefficient (Wildman–Crippen LogP) is 2.68. The fourth-order valence-corrected chi connectivity index (χ4v) is 1.19. The molecule has 0 aromatic heterocycles. The molecule has 0 spiro atoms. The van der Waals surface area contributed by atoms with Crippen LogP contribution in [-0.4, -0.2) is 17.4 Å². The Kier molecular flexibility index (Phi) is 3.92. The first-order chi connectivity index (χ1) is 7.92. The van der Waals surface area contributed by atoms with E-state index in [1.165, 1.54) is 0 Å². The summed E-state index contributed by atoms with van der Waals surface area (Å²) >= 11 is 0. The van der Waals surface area contributed by atoms with Gasteiger partial charge in [-0.05, 0) is 19.4 Å². The highest BCUT2D eigenvalue weighted by molar-refractivity contribution is 5.63. The Bertz CT molecular complexity index is 398. The number of carbonyl (C=O) groups is 2. The number of benzene rings is 1. The number of hydrogen-bond donors (Lipinski definition) is 1. The lowest BCUT2D eigenvalue weighted by molar-refractivity contribution is -0.222. The molecule has 0 heterocycles. The second-order valence-electron chi connectivity index (χ2n) is 3.66. The third-order valence-electron chi connectivity index (χ3n) is 1.99. The van der Waals surface area contributed by atoms with Gasteiger partial charge < -0.3 is 9.84 Å². The molecule has 0 radical (unpaired) electrons. The van der Waals surface area contributed by atoms with Crippen molar-refractivity contribution < 1.29 is 29.2 Å². The van der Waals surface area contributed by atoms with Crippen LogP contribution in [-0.2, 0) is 20.1 Å². The Hall–Kier alpha value is -2.24. The van der Waals surface area contributed by atoms with Gasteiger partial charge in [-0.25, -0.2) is 9.68 Å².